The number of nitrogens with zero attached hydrogens (tertiary/aromatic N) is 1. The van der Waals surface area contributed by atoms with Crippen LogP contribution >= 0.6 is 0 Å². The molecule has 1 aromatic rings. The van der Waals surface area contributed by atoms with Gasteiger partial charge in [-0.3, -0.25) is 4.79 Å². The number of carbonyl (C=O) groups excluding carboxylic acids is 1. The highest BCUT2D eigenvalue weighted by atomic mass is 32.2. The second kappa shape index (κ2) is 6.53. The van der Waals surface area contributed by atoms with Gasteiger partial charge in [0.25, 0.3) is 0 Å². The molecule has 1 atom stereocenters. The molecule has 1 aliphatic heterocycles. The van der Waals surface area contributed by atoms with Gasteiger partial charge in [-0.2, -0.15) is 4.31 Å². The second-order valence-electron chi connectivity index (χ2n) is 5.05. The fourth-order valence-corrected chi connectivity index (χ4v) is 4.43. The van der Waals surface area contributed by atoms with Gasteiger partial charge in [0.2, 0.25) is 15.9 Å². The molecular formula is C14H20N2O5S. The lowest BCUT2D eigenvalue weighted by Crippen LogP contribution is -2.50. The molecule has 122 valence electrons. The van der Waals surface area contributed by atoms with Crippen molar-refractivity contribution in [3.05, 3.63) is 18.2 Å². The number of primary amides is 1. The summed E-state index contributed by atoms with van der Waals surface area (Å²) < 4.78 is 37.2. The SMILES string of the molecule is COc1ccc(OC)c(S(=O)(=O)N2CCCC[C@@H]2C(N)=O)c1. The zero-order chi connectivity index (χ0) is 16.3. The topological polar surface area (TPSA) is 98.9 Å². The molecule has 7 nitrogen and oxygen atoms in total. The van der Waals surface area contributed by atoms with Crippen molar-refractivity contribution in [1.29, 1.82) is 0 Å². The van der Waals surface area contributed by atoms with Gasteiger partial charge in [0.1, 0.15) is 22.4 Å². The van der Waals surface area contributed by atoms with Gasteiger partial charge in [-0.25, -0.2) is 8.42 Å². The summed E-state index contributed by atoms with van der Waals surface area (Å²) in [6, 6.07) is 3.70. The standard InChI is InChI=1S/C14H20N2O5S/c1-20-10-6-7-12(21-2)13(9-10)22(18,19)16-8-4-3-5-11(16)14(15)17/h6-7,9,11H,3-5,8H2,1-2H3,(H2,15,17)/t11-/m1/s1. The van der Waals surface area contributed by atoms with Gasteiger partial charge in [0.05, 0.1) is 14.2 Å². The number of methoxy groups -OCH3 is 2. The number of piperidine rings is 1. The molecule has 0 aromatic heterocycles. The summed E-state index contributed by atoms with van der Waals surface area (Å²) in [7, 11) is -1.06. The summed E-state index contributed by atoms with van der Waals surface area (Å²) >= 11 is 0. The van der Waals surface area contributed by atoms with Crippen molar-refractivity contribution in [2.24, 2.45) is 5.73 Å². The normalized spacial score (nSPS) is 19.6. The van der Waals surface area contributed by atoms with E-state index in [-0.39, 0.29) is 17.2 Å². The molecule has 1 fully saturated rings. The number of ether oxygens (including phenoxy) is 2. The first-order valence-corrected chi connectivity index (χ1v) is 8.39. The zero-order valence-electron chi connectivity index (χ0n) is 12.6. The van der Waals surface area contributed by atoms with E-state index in [9.17, 15) is 13.2 Å². The molecule has 1 saturated heterocycles. The Hall–Kier alpha value is -1.80. The minimum Gasteiger partial charge on any atom is -0.497 e. The largest absolute Gasteiger partial charge is 0.497 e. The molecule has 0 spiro atoms. The first-order chi connectivity index (χ1) is 10.4. The minimum atomic E-state index is -3.90. The van der Waals surface area contributed by atoms with Gasteiger partial charge >= 0.3 is 0 Å². The number of hydrogen-bond donors (Lipinski definition) is 1. The van der Waals surface area contributed by atoms with Gasteiger partial charge < -0.3 is 15.2 Å². The maximum absolute atomic E-state index is 12.9. The van der Waals surface area contributed by atoms with Crippen LogP contribution in [-0.4, -0.2) is 45.4 Å². The highest BCUT2D eigenvalue weighted by molar-refractivity contribution is 7.89. The lowest BCUT2D eigenvalue weighted by atomic mass is 10.0. The van der Waals surface area contributed by atoms with Crippen molar-refractivity contribution in [3.8, 4) is 11.5 Å². The molecule has 2 N–H and O–H groups in total. The van der Waals surface area contributed by atoms with Crippen LogP contribution < -0.4 is 15.2 Å². The molecule has 0 unspecified atom stereocenters. The van der Waals surface area contributed by atoms with E-state index in [1.165, 1.54) is 26.4 Å². The molecule has 1 aliphatic rings. The average Bonchev–Trinajstić information content (AvgIpc) is 2.54. The van der Waals surface area contributed by atoms with Crippen LogP contribution in [0.3, 0.4) is 0 Å². The van der Waals surface area contributed by atoms with E-state index in [1.807, 2.05) is 0 Å². The monoisotopic (exact) mass is 328 g/mol. The first-order valence-electron chi connectivity index (χ1n) is 6.95. The van der Waals surface area contributed by atoms with Crippen LogP contribution in [0.5, 0.6) is 11.5 Å². The van der Waals surface area contributed by atoms with Crippen LogP contribution in [0.1, 0.15) is 19.3 Å². The fraction of sp³-hybridized carbons (Fsp3) is 0.500. The number of amides is 1. The number of hydrogen-bond acceptors (Lipinski definition) is 5. The third-order valence-corrected chi connectivity index (χ3v) is 5.67. The van der Waals surface area contributed by atoms with E-state index in [4.69, 9.17) is 15.2 Å². The van der Waals surface area contributed by atoms with E-state index >= 15 is 0 Å². The maximum atomic E-state index is 12.9. The Morgan fingerprint density at radius 2 is 2.00 bits per heavy atom. The number of sulfonamides is 1. The molecule has 1 heterocycles. The summed E-state index contributed by atoms with van der Waals surface area (Å²) in [5, 5.41) is 0. The van der Waals surface area contributed by atoms with Crippen molar-refractivity contribution in [2.75, 3.05) is 20.8 Å². The van der Waals surface area contributed by atoms with Crippen LogP contribution in [0.25, 0.3) is 0 Å². The van der Waals surface area contributed by atoms with Crippen molar-refractivity contribution in [1.82, 2.24) is 4.31 Å². The first kappa shape index (κ1) is 16.6. The molecule has 0 aliphatic carbocycles. The van der Waals surface area contributed by atoms with Crippen molar-refractivity contribution in [3.63, 3.8) is 0 Å². The molecule has 1 aromatic carbocycles. The Morgan fingerprint density at radius 3 is 2.59 bits per heavy atom. The molecule has 0 bridgehead atoms. The van der Waals surface area contributed by atoms with Crippen molar-refractivity contribution >= 4 is 15.9 Å². The summed E-state index contributed by atoms with van der Waals surface area (Å²) in [6.45, 7) is 0.260. The Labute approximate surface area is 130 Å². The third-order valence-electron chi connectivity index (χ3n) is 3.74. The Kier molecular flexibility index (Phi) is 4.92. The van der Waals surface area contributed by atoms with Crippen LogP contribution in [0.15, 0.2) is 23.1 Å². The number of rotatable bonds is 5. The quantitative estimate of drug-likeness (QED) is 0.859. The van der Waals surface area contributed by atoms with Gasteiger partial charge in [0, 0.05) is 12.6 Å². The highest BCUT2D eigenvalue weighted by Gasteiger charge is 2.38. The molecule has 0 radical (unpaired) electrons. The zero-order valence-corrected chi connectivity index (χ0v) is 13.4. The molecule has 8 heteroatoms. The van der Waals surface area contributed by atoms with Crippen LogP contribution in [-0.2, 0) is 14.8 Å². The van der Waals surface area contributed by atoms with E-state index < -0.39 is 22.0 Å². The summed E-state index contributed by atoms with van der Waals surface area (Å²) in [5.74, 6) is -0.0354. The predicted octanol–water partition coefficient (Wildman–Crippen LogP) is 0.732. The number of nitrogens with two attached hydrogens (primary N) is 1. The van der Waals surface area contributed by atoms with Gasteiger partial charge in [-0.15, -0.1) is 0 Å². The van der Waals surface area contributed by atoms with Crippen LogP contribution in [0, 0.1) is 0 Å². The molecular weight excluding hydrogens is 308 g/mol. The van der Waals surface area contributed by atoms with Gasteiger partial charge in [0.15, 0.2) is 0 Å². The Morgan fingerprint density at radius 1 is 1.27 bits per heavy atom. The second-order valence-corrected chi connectivity index (χ2v) is 6.91. The van der Waals surface area contributed by atoms with Crippen molar-refractivity contribution in [2.45, 2.75) is 30.2 Å². The Bertz CT molecular complexity index is 659. The van der Waals surface area contributed by atoms with Crippen LogP contribution in [0.2, 0.25) is 0 Å². The summed E-state index contributed by atoms with van der Waals surface area (Å²) in [6.07, 6.45) is 1.89. The maximum Gasteiger partial charge on any atom is 0.247 e. The predicted molar refractivity (Wildman–Crippen MR) is 80.3 cm³/mol. The van der Waals surface area contributed by atoms with E-state index in [0.717, 1.165) is 10.7 Å². The van der Waals surface area contributed by atoms with Gasteiger partial charge in [-0.05, 0) is 25.0 Å². The third kappa shape index (κ3) is 3.02. The van der Waals surface area contributed by atoms with Gasteiger partial charge in [-0.1, -0.05) is 6.42 Å². The minimum absolute atomic E-state index is 0.0255. The smallest absolute Gasteiger partial charge is 0.247 e. The molecule has 0 saturated carbocycles. The highest BCUT2D eigenvalue weighted by Crippen LogP contribution is 2.33. The number of carbonyl (C=O) groups is 1. The van der Waals surface area contributed by atoms with Crippen molar-refractivity contribution < 1.29 is 22.7 Å². The molecule has 22 heavy (non-hydrogen) atoms. The Balaban J connectivity index is 2.51. The van der Waals surface area contributed by atoms with E-state index in [2.05, 4.69) is 0 Å². The fourth-order valence-electron chi connectivity index (χ4n) is 2.59. The number of benzene rings is 1. The molecule has 2 rings (SSSR count). The molecule has 1 amide bonds. The van der Waals surface area contributed by atoms with E-state index in [0.29, 0.717) is 18.6 Å². The summed E-state index contributed by atoms with van der Waals surface area (Å²) in [4.78, 5) is 11.6. The van der Waals surface area contributed by atoms with E-state index in [1.54, 1.807) is 6.07 Å². The van der Waals surface area contributed by atoms with Crippen LogP contribution in [0.4, 0.5) is 0 Å². The lowest BCUT2D eigenvalue weighted by molar-refractivity contribution is -0.122. The summed E-state index contributed by atoms with van der Waals surface area (Å²) in [5.41, 5.74) is 5.36. The lowest BCUT2D eigenvalue weighted by Gasteiger charge is -2.32. The average molecular weight is 328 g/mol.